The minimum atomic E-state index is 0.0216. The molecule has 2 aliphatic rings. The van der Waals surface area contributed by atoms with Crippen molar-refractivity contribution in [3.8, 4) is 0 Å². The highest BCUT2D eigenvalue weighted by atomic mass is 32.2. The first kappa shape index (κ1) is 14.4. The summed E-state index contributed by atoms with van der Waals surface area (Å²) in [5.74, 6) is 3.22. The number of methoxy groups -OCH3 is 1. The van der Waals surface area contributed by atoms with Crippen LogP contribution in [0.15, 0.2) is 0 Å². The fourth-order valence-electron chi connectivity index (χ4n) is 3.02. The first-order valence-corrected chi connectivity index (χ1v) is 8.04. The maximum absolute atomic E-state index is 12.3. The van der Waals surface area contributed by atoms with Crippen LogP contribution in [-0.4, -0.2) is 43.2 Å². The zero-order valence-corrected chi connectivity index (χ0v) is 12.3. The third-order valence-corrected chi connectivity index (χ3v) is 5.24. The van der Waals surface area contributed by atoms with Crippen molar-refractivity contribution in [2.75, 3.05) is 31.8 Å². The Bertz CT molecular complexity index is 287. The molecule has 2 saturated heterocycles. The van der Waals surface area contributed by atoms with Crippen LogP contribution >= 0.6 is 11.8 Å². The topological polar surface area (TPSA) is 35.5 Å². The molecule has 0 aromatic carbocycles. The van der Waals surface area contributed by atoms with Crippen LogP contribution in [0.3, 0.4) is 0 Å². The Morgan fingerprint density at radius 3 is 3.11 bits per heavy atom. The Balaban J connectivity index is 1.86. The molecule has 0 aliphatic carbocycles. The maximum Gasteiger partial charge on any atom is 0.136 e. The van der Waals surface area contributed by atoms with Gasteiger partial charge in [-0.15, -0.1) is 0 Å². The zero-order chi connectivity index (χ0) is 13.0. The lowest BCUT2D eigenvalue weighted by Gasteiger charge is -2.37. The molecule has 2 rings (SSSR count). The molecule has 3 nitrogen and oxygen atoms in total. The van der Waals surface area contributed by atoms with E-state index in [4.69, 9.17) is 9.47 Å². The molecule has 2 heterocycles. The van der Waals surface area contributed by atoms with Gasteiger partial charge in [0.05, 0.1) is 5.60 Å². The minimum absolute atomic E-state index is 0.0216. The Kier molecular flexibility index (Phi) is 5.10. The summed E-state index contributed by atoms with van der Waals surface area (Å²) in [6.45, 7) is 3.52. The highest BCUT2D eigenvalue weighted by molar-refractivity contribution is 7.99. The smallest absolute Gasteiger partial charge is 0.136 e. The van der Waals surface area contributed by atoms with Gasteiger partial charge in [-0.25, -0.2) is 0 Å². The zero-order valence-electron chi connectivity index (χ0n) is 11.4. The van der Waals surface area contributed by atoms with Crippen LogP contribution in [0.2, 0.25) is 0 Å². The van der Waals surface area contributed by atoms with E-state index in [0.717, 1.165) is 31.6 Å². The molecule has 0 radical (unpaired) electrons. The highest BCUT2D eigenvalue weighted by Crippen LogP contribution is 2.41. The van der Waals surface area contributed by atoms with E-state index in [9.17, 15) is 4.79 Å². The number of hydrogen-bond acceptors (Lipinski definition) is 4. The molecule has 1 spiro atoms. The first-order chi connectivity index (χ1) is 8.65. The number of hydrogen-bond donors (Lipinski definition) is 0. The van der Waals surface area contributed by atoms with Gasteiger partial charge in [0.15, 0.2) is 0 Å². The van der Waals surface area contributed by atoms with Crippen molar-refractivity contribution < 1.29 is 14.3 Å². The summed E-state index contributed by atoms with van der Waals surface area (Å²) >= 11 is 1.96. The molecule has 0 bridgehead atoms. The number of ketones is 1. The minimum Gasteiger partial charge on any atom is -0.384 e. The summed E-state index contributed by atoms with van der Waals surface area (Å²) in [5, 5.41) is 0. The van der Waals surface area contributed by atoms with Crippen molar-refractivity contribution in [2.45, 2.75) is 38.2 Å². The molecule has 2 aliphatic heterocycles. The number of thioether (sulfide) groups is 1. The van der Waals surface area contributed by atoms with Gasteiger partial charge in [0.2, 0.25) is 0 Å². The number of carbonyl (C=O) groups excluding carboxylic acids is 1. The van der Waals surface area contributed by atoms with Gasteiger partial charge in [-0.2, -0.15) is 11.8 Å². The Labute approximate surface area is 114 Å². The van der Waals surface area contributed by atoms with Crippen LogP contribution in [0.1, 0.15) is 32.6 Å². The van der Waals surface area contributed by atoms with E-state index in [0.29, 0.717) is 24.7 Å². The molecule has 0 amide bonds. The second-order valence-electron chi connectivity index (χ2n) is 5.75. The summed E-state index contributed by atoms with van der Waals surface area (Å²) < 4.78 is 11.1. The fraction of sp³-hybridized carbons (Fsp3) is 0.929. The fourth-order valence-corrected chi connectivity index (χ4v) is 4.40. The summed E-state index contributed by atoms with van der Waals surface area (Å²) in [7, 11) is 1.69. The van der Waals surface area contributed by atoms with Crippen molar-refractivity contribution in [1.82, 2.24) is 0 Å². The van der Waals surface area contributed by atoms with Crippen molar-refractivity contribution in [2.24, 2.45) is 11.8 Å². The van der Waals surface area contributed by atoms with Crippen LogP contribution in [0.5, 0.6) is 0 Å². The molecule has 0 aromatic rings. The number of Topliss-reactive ketones (excluding diaryl/α,β-unsaturated/α-hetero) is 1. The summed E-state index contributed by atoms with van der Waals surface area (Å²) in [4.78, 5) is 12.3. The van der Waals surface area contributed by atoms with E-state index in [1.54, 1.807) is 7.11 Å². The number of rotatable bonds is 5. The van der Waals surface area contributed by atoms with Gasteiger partial charge in [-0.3, -0.25) is 4.79 Å². The molecule has 3 atom stereocenters. The molecule has 0 saturated carbocycles. The lowest BCUT2D eigenvalue weighted by atomic mass is 9.81. The highest BCUT2D eigenvalue weighted by Gasteiger charge is 2.42. The standard InChI is InChI=1S/C14H24O3S/c1-11(9-16-2)7-13(15)12-3-5-17-14(8-12)4-6-18-10-14/h11-12H,3-10H2,1-2H3. The lowest BCUT2D eigenvalue weighted by molar-refractivity contribution is -0.135. The predicted octanol–water partition coefficient (Wildman–Crippen LogP) is 2.53. The largest absolute Gasteiger partial charge is 0.384 e. The van der Waals surface area contributed by atoms with Crippen LogP contribution in [0.4, 0.5) is 0 Å². The van der Waals surface area contributed by atoms with Gasteiger partial charge in [0, 0.05) is 38.4 Å². The van der Waals surface area contributed by atoms with Crippen molar-refractivity contribution in [3.63, 3.8) is 0 Å². The third kappa shape index (κ3) is 3.49. The van der Waals surface area contributed by atoms with Crippen molar-refractivity contribution >= 4 is 17.5 Å². The molecule has 0 N–H and O–H groups in total. The van der Waals surface area contributed by atoms with Crippen LogP contribution in [0, 0.1) is 11.8 Å². The molecule has 0 aromatic heterocycles. The van der Waals surface area contributed by atoms with Gasteiger partial charge >= 0.3 is 0 Å². The second kappa shape index (κ2) is 6.40. The summed E-state index contributed by atoms with van der Waals surface area (Å²) in [5.41, 5.74) is 0.0216. The van der Waals surface area contributed by atoms with E-state index < -0.39 is 0 Å². The van der Waals surface area contributed by atoms with E-state index in [1.165, 1.54) is 5.75 Å². The SMILES string of the molecule is COCC(C)CC(=O)C1CCOC2(CCSC2)C1. The predicted molar refractivity (Wildman–Crippen MR) is 74.0 cm³/mol. The third-order valence-electron chi connectivity index (χ3n) is 4.02. The van der Waals surface area contributed by atoms with Crippen LogP contribution in [0.25, 0.3) is 0 Å². The molecule has 2 fully saturated rings. The normalized spacial score (nSPS) is 33.8. The molecule has 18 heavy (non-hydrogen) atoms. The van der Waals surface area contributed by atoms with Gasteiger partial charge < -0.3 is 9.47 Å². The average molecular weight is 272 g/mol. The Hall–Kier alpha value is -0.0600. The second-order valence-corrected chi connectivity index (χ2v) is 6.86. The number of ether oxygens (including phenoxy) is 2. The Morgan fingerprint density at radius 1 is 1.61 bits per heavy atom. The summed E-state index contributed by atoms with van der Waals surface area (Å²) in [6, 6.07) is 0. The Morgan fingerprint density at radius 2 is 2.44 bits per heavy atom. The van der Waals surface area contributed by atoms with E-state index in [-0.39, 0.29) is 11.5 Å². The first-order valence-electron chi connectivity index (χ1n) is 6.88. The van der Waals surface area contributed by atoms with E-state index >= 15 is 0 Å². The van der Waals surface area contributed by atoms with Crippen LogP contribution in [-0.2, 0) is 14.3 Å². The molecular formula is C14H24O3S. The van der Waals surface area contributed by atoms with Gasteiger partial charge in [-0.05, 0) is 30.9 Å². The van der Waals surface area contributed by atoms with E-state index in [1.807, 2.05) is 11.8 Å². The number of carbonyl (C=O) groups is 1. The van der Waals surface area contributed by atoms with Gasteiger partial charge in [-0.1, -0.05) is 6.92 Å². The van der Waals surface area contributed by atoms with Crippen molar-refractivity contribution in [1.29, 1.82) is 0 Å². The van der Waals surface area contributed by atoms with Crippen molar-refractivity contribution in [3.05, 3.63) is 0 Å². The average Bonchev–Trinajstić information content (AvgIpc) is 2.77. The quantitative estimate of drug-likeness (QED) is 0.770. The monoisotopic (exact) mass is 272 g/mol. The summed E-state index contributed by atoms with van der Waals surface area (Å²) in [6.07, 6.45) is 3.63. The molecule has 4 heteroatoms. The van der Waals surface area contributed by atoms with Gasteiger partial charge in [0.25, 0.3) is 0 Å². The van der Waals surface area contributed by atoms with Gasteiger partial charge in [0.1, 0.15) is 5.78 Å². The van der Waals surface area contributed by atoms with Crippen LogP contribution < -0.4 is 0 Å². The molecule has 104 valence electrons. The molecular weight excluding hydrogens is 248 g/mol. The molecule has 3 unspecified atom stereocenters. The van der Waals surface area contributed by atoms with E-state index in [2.05, 4.69) is 6.92 Å². The lowest BCUT2D eigenvalue weighted by Crippen LogP contribution is -2.42. The maximum atomic E-state index is 12.3.